The number of hydrogen-bond acceptors (Lipinski definition) is 2. The largest absolute Gasteiger partial charge is 0.272 e. The van der Waals surface area contributed by atoms with Crippen LogP contribution in [-0.4, -0.2) is 24.1 Å². The van der Waals surface area contributed by atoms with Crippen LogP contribution in [0.25, 0.3) is 0 Å². The molecule has 17 heavy (non-hydrogen) atoms. The van der Waals surface area contributed by atoms with E-state index < -0.39 is 11.6 Å². The van der Waals surface area contributed by atoms with E-state index in [9.17, 15) is 13.6 Å². The van der Waals surface area contributed by atoms with E-state index in [0.717, 1.165) is 31.0 Å². The average molecular weight is 241 g/mol. The van der Waals surface area contributed by atoms with E-state index in [2.05, 4.69) is 0 Å². The van der Waals surface area contributed by atoms with Gasteiger partial charge in [0.2, 0.25) is 0 Å². The Bertz CT molecular complexity index is 417. The number of nitrogens with zero attached hydrogens (tertiary/aromatic N) is 1. The molecule has 1 aliphatic heterocycles. The monoisotopic (exact) mass is 241 g/mol. The maximum Gasteiger partial charge on any atom is 0.250 e. The molecule has 5 heteroatoms. The lowest BCUT2D eigenvalue weighted by Crippen LogP contribution is -2.36. The molecule has 0 atom stereocenters. The maximum absolute atomic E-state index is 13.3. The van der Waals surface area contributed by atoms with Crippen LogP contribution in [0.4, 0.5) is 8.78 Å². The third-order valence-corrected chi connectivity index (χ3v) is 2.63. The first-order chi connectivity index (χ1) is 8.16. The Morgan fingerprint density at radius 3 is 2.88 bits per heavy atom. The standard InChI is InChI=1S/C12H13F2NO2/c13-10-3-4-11(14)9(7-10)8-12(16)15-5-1-2-6-17-15/h3-4,7H,1-2,5-6,8H2. The van der Waals surface area contributed by atoms with Crippen LogP contribution in [0, 0.1) is 11.6 Å². The summed E-state index contributed by atoms with van der Waals surface area (Å²) in [6.45, 7) is 1.01. The molecule has 1 heterocycles. The molecule has 0 radical (unpaired) electrons. The molecule has 1 saturated heterocycles. The van der Waals surface area contributed by atoms with Gasteiger partial charge in [-0.25, -0.2) is 13.8 Å². The minimum atomic E-state index is -0.572. The van der Waals surface area contributed by atoms with Crippen molar-refractivity contribution in [1.82, 2.24) is 5.06 Å². The number of carbonyl (C=O) groups excluding carboxylic acids is 1. The highest BCUT2D eigenvalue weighted by Gasteiger charge is 2.19. The molecule has 0 unspecified atom stereocenters. The molecule has 0 N–H and O–H groups in total. The van der Waals surface area contributed by atoms with Crippen LogP contribution in [0.5, 0.6) is 0 Å². The molecule has 0 bridgehead atoms. The van der Waals surface area contributed by atoms with Crippen LogP contribution >= 0.6 is 0 Å². The van der Waals surface area contributed by atoms with Gasteiger partial charge in [-0.05, 0) is 31.0 Å². The Morgan fingerprint density at radius 2 is 2.18 bits per heavy atom. The van der Waals surface area contributed by atoms with Gasteiger partial charge in [0.05, 0.1) is 13.0 Å². The average Bonchev–Trinajstić information content (AvgIpc) is 2.35. The van der Waals surface area contributed by atoms with E-state index in [0.29, 0.717) is 13.2 Å². The van der Waals surface area contributed by atoms with Crippen LogP contribution < -0.4 is 0 Å². The van der Waals surface area contributed by atoms with E-state index in [1.165, 1.54) is 5.06 Å². The zero-order valence-electron chi connectivity index (χ0n) is 9.29. The Kier molecular flexibility index (Phi) is 3.68. The highest BCUT2D eigenvalue weighted by molar-refractivity contribution is 5.77. The SMILES string of the molecule is O=C(Cc1cc(F)ccc1F)N1CCCCO1. The number of amides is 1. The Hall–Kier alpha value is -1.49. The summed E-state index contributed by atoms with van der Waals surface area (Å²) in [6.07, 6.45) is 1.61. The first-order valence-corrected chi connectivity index (χ1v) is 5.54. The Morgan fingerprint density at radius 1 is 1.35 bits per heavy atom. The first kappa shape index (κ1) is 12.0. The second-order valence-corrected chi connectivity index (χ2v) is 3.95. The number of benzene rings is 1. The topological polar surface area (TPSA) is 29.5 Å². The van der Waals surface area contributed by atoms with Crippen molar-refractivity contribution in [2.75, 3.05) is 13.2 Å². The van der Waals surface area contributed by atoms with E-state index in [-0.39, 0.29) is 17.9 Å². The summed E-state index contributed by atoms with van der Waals surface area (Å²) in [7, 11) is 0. The maximum atomic E-state index is 13.3. The summed E-state index contributed by atoms with van der Waals surface area (Å²) >= 11 is 0. The Balaban J connectivity index is 2.04. The lowest BCUT2D eigenvalue weighted by atomic mass is 10.1. The van der Waals surface area contributed by atoms with E-state index in [1.54, 1.807) is 0 Å². The molecule has 0 saturated carbocycles. The lowest BCUT2D eigenvalue weighted by Gasteiger charge is -2.25. The van der Waals surface area contributed by atoms with Gasteiger partial charge in [0.15, 0.2) is 0 Å². The second kappa shape index (κ2) is 5.23. The normalized spacial score (nSPS) is 16.0. The lowest BCUT2D eigenvalue weighted by molar-refractivity contribution is -0.196. The number of halogens is 2. The molecule has 1 aromatic rings. The van der Waals surface area contributed by atoms with Gasteiger partial charge in [0, 0.05) is 12.1 Å². The van der Waals surface area contributed by atoms with Crippen molar-refractivity contribution in [2.24, 2.45) is 0 Å². The molecule has 92 valence electrons. The van der Waals surface area contributed by atoms with Crippen molar-refractivity contribution in [3.8, 4) is 0 Å². The fourth-order valence-electron chi connectivity index (χ4n) is 1.72. The van der Waals surface area contributed by atoms with Crippen LogP contribution in [0.2, 0.25) is 0 Å². The summed E-state index contributed by atoms with van der Waals surface area (Å²) in [5, 5.41) is 1.23. The van der Waals surface area contributed by atoms with Gasteiger partial charge in [-0.3, -0.25) is 9.63 Å². The zero-order chi connectivity index (χ0) is 12.3. The second-order valence-electron chi connectivity index (χ2n) is 3.95. The minimum Gasteiger partial charge on any atom is -0.272 e. The molecule has 1 fully saturated rings. The number of hydrogen-bond donors (Lipinski definition) is 0. The van der Waals surface area contributed by atoms with Gasteiger partial charge < -0.3 is 0 Å². The fourth-order valence-corrected chi connectivity index (χ4v) is 1.72. The van der Waals surface area contributed by atoms with Crippen molar-refractivity contribution in [1.29, 1.82) is 0 Å². The molecule has 1 amide bonds. The van der Waals surface area contributed by atoms with Gasteiger partial charge in [0.25, 0.3) is 5.91 Å². The smallest absolute Gasteiger partial charge is 0.250 e. The molecular formula is C12H13F2NO2. The summed E-state index contributed by atoms with van der Waals surface area (Å²) in [6, 6.07) is 3.09. The van der Waals surface area contributed by atoms with Crippen LogP contribution in [-0.2, 0) is 16.1 Å². The minimum absolute atomic E-state index is 0.0594. The van der Waals surface area contributed by atoms with Crippen LogP contribution in [0.15, 0.2) is 18.2 Å². The van der Waals surface area contributed by atoms with E-state index in [1.807, 2.05) is 0 Å². The molecule has 1 aliphatic rings. The highest BCUT2D eigenvalue weighted by atomic mass is 19.1. The molecule has 0 aliphatic carbocycles. The molecule has 3 nitrogen and oxygen atoms in total. The predicted molar refractivity (Wildman–Crippen MR) is 57.0 cm³/mol. The van der Waals surface area contributed by atoms with Gasteiger partial charge in [-0.1, -0.05) is 0 Å². The van der Waals surface area contributed by atoms with Crippen LogP contribution in [0.3, 0.4) is 0 Å². The predicted octanol–water partition coefficient (Wildman–Crippen LogP) is 2.06. The molecular weight excluding hydrogens is 228 g/mol. The number of carbonyl (C=O) groups is 1. The third kappa shape index (κ3) is 3.00. The van der Waals surface area contributed by atoms with Gasteiger partial charge in [-0.15, -0.1) is 0 Å². The fraction of sp³-hybridized carbons (Fsp3) is 0.417. The number of hydroxylamine groups is 2. The van der Waals surface area contributed by atoms with E-state index in [4.69, 9.17) is 4.84 Å². The van der Waals surface area contributed by atoms with Gasteiger partial charge in [-0.2, -0.15) is 0 Å². The molecule has 0 spiro atoms. The van der Waals surface area contributed by atoms with E-state index >= 15 is 0 Å². The van der Waals surface area contributed by atoms with Gasteiger partial charge >= 0.3 is 0 Å². The number of rotatable bonds is 2. The van der Waals surface area contributed by atoms with Crippen molar-refractivity contribution >= 4 is 5.91 Å². The van der Waals surface area contributed by atoms with Crippen molar-refractivity contribution in [3.63, 3.8) is 0 Å². The van der Waals surface area contributed by atoms with Crippen molar-refractivity contribution in [3.05, 3.63) is 35.4 Å². The third-order valence-electron chi connectivity index (χ3n) is 2.63. The van der Waals surface area contributed by atoms with Crippen molar-refractivity contribution in [2.45, 2.75) is 19.3 Å². The van der Waals surface area contributed by atoms with Crippen LogP contribution in [0.1, 0.15) is 18.4 Å². The first-order valence-electron chi connectivity index (χ1n) is 5.54. The van der Waals surface area contributed by atoms with Gasteiger partial charge in [0.1, 0.15) is 11.6 Å². The zero-order valence-corrected chi connectivity index (χ0v) is 9.29. The highest BCUT2D eigenvalue weighted by Crippen LogP contribution is 2.13. The summed E-state index contributed by atoms with van der Waals surface area (Å²) in [5.74, 6) is -1.46. The quantitative estimate of drug-likeness (QED) is 0.793. The summed E-state index contributed by atoms with van der Waals surface area (Å²) in [4.78, 5) is 16.9. The molecule has 0 aromatic heterocycles. The summed E-state index contributed by atoms with van der Waals surface area (Å²) < 4.78 is 26.2. The van der Waals surface area contributed by atoms with Crippen molar-refractivity contribution < 1.29 is 18.4 Å². The Labute approximate surface area is 97.9 Å². The molecule has 2 rings (SSSR count). The summed E-state index contributed by atoms with van der Waals surface area (Å²) in [5.41, 5.74) is 0.0594. The molecule has 1 aromatic carbocycles.